The van der Waals surface area contributed by atoms with Gasteiger partial charge < -0.3 is 27.8 Å². The van der Waals surface area contributed by atoms with Gasteiger partial charge in [-0.3, -0.25) is 25.0 Å². The van der Waals surface area contributed by atoms with Crippen LogP contribution in [0.5, 0.6) is 0 Å². The highest BCUT2D eigenvalue weighted by Crippen LogP contribution is 1.96. The summed E-state index contributed by atoms with van der Waals surface area (Å²) in [7, 11) is 0. The molecule has 37 heavy (non-hydrogen) atoms. The van der Waals surface area contributed by atoms with E-state index in [-0.39, 0.29) is 0 Å². The van der Waals surface area contributed by atoms with Crippen LogP contribution in [-0.2, 0) is 0 Å². The second kappa shape index (κ2) is 28.6. The Morgan fingerprint density at radius 3 is 1.38 bits per heavy atom. The Morgan fingerprint density at radius 1 is 0.405 bits per heavy atom. The second-order valence-corrected chi connectivity index (χ2v) is 9.77. The van der Waals surface area contributed by atoms with Crippen LogP contribution in [0.2, 0.25) is 0 Å². The third kappa shape index (κ3) is 23.2. The van der Waals surface area contributed by atoms with Crippen LogP contribution >= 0.6 is 0 Å². The van der Waals surface area contributed by atoms with E-state index in [2.05, 4.69) is 61.9 Å². The lowest BCUT2D eigenvalue weighted by atomic mass is 10.3. The number of nitrogens with zero attached hydrogens (tertiary/aromatic N) is 4. The van der Waals surface area contributed by atoms with Gasteiger partial charge in [-0.05, 0) is 38.9 Å². The lowest BCUT2D eigenvalue weighted by molar-refractivity contribution is 0.175. The van der Waals surface area contributed by atoms with Gasteiger partial charge in [0.25, 0.3) is 0 Å². The van der Waals surface area contributed by atoms with Crippen molar-refractivity contribution in [3.8, 4) is 0 Å². The van der Waals surface area contributed by atoms with Crippen molar-refractivity contribution in [2.75, 3.05) is 131 Å². The quantitative estimate of drug-likeness (QED) is 0.0332. The predicted molar refractivity (Wildman–Crippen MR) is 161 cm³/mol. The Morgan fingerprint density at radius 2 is 0.892 bits per heavy atom. The van der Waals surface area contributed by atoms with Crippen LogP contribution in [0.1, 0.15) is 40.0 Å². The SMILES string of the molecule is CCCNCCN(CCN(CCN)CCN)CCN(CCNCCN)CCNNCN(CCC)CCC. The zero-order valence-electron chi connectivity index (χ0n) is 24.8. The van der Waals surface area contributed by atoms with Crippen LogP contribution in [0, 0.1) is 0 Å². The standard InChI is InChI=1S/C26H65N11/c1-4-10-30-12-20-36(24-22-34(17-8-28)18-9-29)25-23-35(19-13-31-11-7-27)21-14-32-33-26-37(15-5-2)16-6-3/h30-33H,4-29H2,1-3H3. The molecule has 0 aromatic carbocycles. The normalized spacial score (nSPS) is 12.2. The largest absolute Gasteiger partial charge is 0.329 e. The maximum absolute atomic E-state index is 5.82. The van der Waals surface area contributed by atoms with E-state index in [1.165, 1.54) is 19.3 Å². The topological polar surface area (TPSA) is 139 Å². The molecule has 0 saturated heterocycles. The number of hydrogen-bond donors (Lipinski definition) is 7. The van der Waals surface area contributed by atoms with Gasteiger partial charge in [0.05, 0.1) is 6.67 Å². The highest BCUT2D eigenvalue weighted by atomic mass is 15.4. The first-order valence-electron chi connectivity index (χ1n) is 15.0. The molecule has 0 aromatic heterocycles. The van der Waals surface area contributed by atoms with E-state index in [4.69, 9.17) is 17.2 Å². The Bertz CT molecular complexity index is 433. The molecule has 0 spiro atoms. The molecule has 11 heteroatoms. The van der Waals surface area contributed by atoms with Crippen LogP contribution in [0.15, 0.2) is 0 Å². The monoisotopic (exact) mass is 532 g/mol. The molecule has 0 aliphatic carbocycles. The minimum absolute atomic E-state index is 0.678. The van der Waals surface area contributed by atoms with Crippen molar-refractivity contribution >= 4 is 0 Å². The summed E-state index contributed by atoms with van der Waals surface area (Å²) in [5.74, 6) is 0. The molecule has 0 amide bonds. The molecule has 0 rings (SSSR count). The Hall–Kier alpha value is -0.440. The molecule has 11 nitrogen and oxygen atoms in total. The van der Waals surface area contributed by atoms with Crippen molar-refractivity contribution in [1.82, 2.24) is 41.1 Å². The first kappa shape index (κ1) is 36.6. The van der Waals surface area contributed by atoms with Crippen LogP contribution in [-0.4, -0.2) is 151 Å². The molecule has 0 heterocycles. The van der Waals surface area contributed by atoms with Crippen molar-refractivity contribution in [3.05, 3.63) is 0 Å². The molecule has 0 aliphatic rings. The highest BCUT2D eigenvalue weighted by Gasteiger charge is 2.12. The number of rotatable bonds is 30. The number of nitrogens with one attached hydrogen (secondary N) is 4. The number of hydrogen-bond acceptors (Lipinski definition) is 11. The minimum atomic E-state index is 0.678. The lowest BCUT2D eigenvalue weighted by Gasteiger charge is -2.30. The van der Waals surface area contributed by atoms with Gasteiger partial charge in [0, 0.05) is 105 Å². The number of hydrazine groups is 1. The molecule has 10 N–H and O–H groups in total. The molecular weight excluding hydrogens is 466 g/mol. The summed E-state index contributed by atoms with van der Waals surface area (Å²) in [6, 6.07) is 0. The van der Waals surface area contributed by atoms with Gasteiger partial charge in [-0.1, -0.05) is 20.8 Å². The zero-order chi connectivity index (χ0) is 27.4. The van der Waals surface area contributed by atoms with Crippen LogP contribution in [0.4, 0.5) is 0 Å². The van der Waals surface area contributed by atoms with Crippen LogP contribution < -0.4 is 38.7 Å². The lowest BCUT2D eigenvalue weighted by Crippen LogP contribution is -2.48. The predicted octanol–water partition coefficient (Wildman–Crippen LogP) is -1.47. The molecule has 0 radical (unpaired) electrons. The van der Waals surface area contributed by atoms with E-state index < -0.39 is 0 Å². The Balaban J connectivity index is 4.75. The molecule has 0 bridgehead atoms. The molecule has 224 valence electrons. The fourth-order valence-corrected chi connectivity index (χ4v) is 4.31. The summed E-state index contributed by atoms with van der Waals surface area (Å²) in [6.07, 6.45) is 3.54. The van der Waals surface area contributed by atoms with Gasteiger partial charge >= 0.3 is 0 Å². The summed E-state index contributed by atoms with van der Waals surface area (Å²) >= 11 is 0. The van der Waals surface area contributed by atoms with E-state index in [1.807, 2.05) is 0 Å². The first-order valence-corrected chi connectivity index (χ1v) is 15.0. The second-order valence-electron chi connectivity index (χ2n) is 9.77. The molecule has 0 atom stereocenters. The zero-order valence-corrected chi connectivity index (χ0v) is 24.8. The van der Waals surface area contributed by atoms with Gasteiger partial charge in [0.1, 0.15) is 0 Å². The van der Waals surface area contributed by atoms with E-state index in [9.17, 15) is 0 Å². The van der Waals surface area contributed by atoms with E-state index in [0.29, 0.717) is 19.6 Å². The fourth-order valence-electron chi connectivity index (χ4n) is 4.31. The smallest absolute Gasteiger partial charge is 0.0614 e. The molecular formula is C26H65N11. The molecule has 0 unspecified atom stereocenters. The van der Waals surface area contributed by atoms with E-state index >= 15 is 0 Å². The average molecular weight is 532 g/mol. The van der Waals surface area contributed by atoms with Crippen molar-refractivity contribution in [2.45, 2.75) is 40.0 Å². The van der Waals surface area contributed by atoms with E-state index in [1.54, 1.807) is 0 Å². The van der Waals surface area contributed by atoms with Gasteiger partial charge in [0.2, 0.25) is 0 Å². The van der Waals surface area contributed by atoms with Gasteiger partial charge in [-0.15, -0.1) is 0 Å². The molecule has 0 fully saturated rings. The highest BCUT2D eigenvalue weighted by molar-refractivity contribution is 4.70. The Kier molecular flexibility index (Phi) is 28.2. The summed E-state index contributed by atoms with van der Waals surface area (Å²) < 4.78 is 0. The van der Waals surface area contributed by atoms with Crippen LogP contribution in [0.3, 0.4) is 0 Å². The summed E-state index contributed by atoms with van der Waals surface area (Å²) in [5.41, 5.74) is 24.2. The third-order valence-electron chi connectivity index (χ3n) is 6.37. The summed E-state index contributed by atoms with van der Waals surface area (Å²) in [4.78, 5) is 9.99. The van der Waals surface area contributed by atoms with Gasteiger partial charge in [-0.2, -0.15) is 0 Å². The maximum Gasteiger partial charge on any atom is 0.0614 e. The third-order valence-corrected chi connectivity index (χ3v) is 6.37. The molecule has 0 aromatic rings. The van der Waals surface area contributed by atoms with Crippen molar-refractivity contribution in [2.24, 2.45) is 17.2 Å². The van der Waals surface area contributed by atoms with E-state index in [0.717, 1.165) is 111 Å². The Labute approximate surface area is 229 Å². The maximum atomic E-state index is 5.82. The van der Waals surface area contributed by atoms with Crippen LogP contribution in [0.25, 0.3) is 0 Å². The fraction of sp³-hybridized carbons (Fsp3) is 1.00. The van der Waals surface area contributed by atoms with Crippen molar-refractivity contribution in [3.63, 3.8) is 0 Å². The number of nitrogens with two attached hydrogens (primary N) is 3. The van der Waals surface area contributed by atoms with Crippen molar-refractivity contribution in [1.29, 1.82) is 0 Å². The average Bonchev–Trinajstić information content (AvgIpc) is 2.89. The molecule has 0 saturated carbocycles. The first-order chi connectivity index (χ1) is 18.1. The minimum Gasteiger partial charge on any atom is -0.329 e. The summed E-state index contributed by atoms with van der Waals surface area (Å²) in [5, 5.41) is 7.01. The van der Waals surface area contributed by atoms with Gasteiger partial charge in [0.15, 0.2) is 0 Å². The van der Waals surface area contributed by atoms with Crippen molar-refractivity contribution < 1.29 is 0 Å². The summed E-state index contributed by atoms with van der Waals surface area (Å²) in [6.45, 7) is 25.8. The molecule has 0 aliphatic heterocycles. The van der Waals surface area contributed by atoms with Gasteiger partial charge in [-0.25, -0.2) is 5.43 Å².